The molecule has 0 fully saturated rings. The zero-order chi connectivity index (χ0) is 20.7. The molecule has 1 heterocycles. The van der Waals surface area contributed by atoms with Gasteiger partial charge in [0.25, 0.3) is 5.56 Å². The third kappa shape index (κ3) is 6.74. The van der Waals surface area contributed by atoms with E-state index in [0.29, 0.717) is 24.0 Å². The lowest BCUT2D eigenvalue weighted by atomic mass is 10.0. The van der Waals surface area contributed by atoms with Crippen LogP contribution in [0.3, 0.4) is 0 Å². The molecule has 0 atom stereocenters. The van der Waals surface area contributed by atoms with E-state index in [2.05, 4.69) is 20.8 Å². The molecule has 30 heavy (non-hydrogen) atoms. The Morgan fingerprint density at radius 1 is 0.933 bits per heavy atom. The smallest absolute Gasteiger partial charge is 0.385 e. The van der Waals surface area contributed by atoms with E-state index in [0.717, 1.165) is 36.0 Å². The number of aromatic amines is 1. The van der Waals surface area contributed by atoms with E-state index in [9.17, 15) is 18.0 Å². The van der Waals surface area contributed by atoms with Gasteiger partial charge in [0.15, 0.2) is 0 Å². The monoisotopic (exact) mass is 440 g/mol. The van der Waals surface area contributed by atoms with Gasteiger partial charge < -0.3 is 10.6 Å². The van der Waals surface area contributed by atoms with Gasteiger partial charge in [-0.3, -0.25) is 4.79 Å². The third-order valence-corrected chi connectivity index (χ3v) is 4.52. The molecule has 2 aromatic carbocycles. The molecule has 3 rings (SSSR count). The van der Waals surface area contributed by atoms with Gasteiger partial charge in [-0.1, -0.05) is 36.8 Å². The van der Waals surface area contributed by atoms with Crippen LogP contribution in [0.1, 0.15) is 19.3 Å². The van der Waals surface area contributed by atoms with Crippen LogP contribution in [-0.2, 0) is 0 Å². The first-order valence-electron chi connectivity index (χ1n) is 9.53. The number of halogens is 4. The average molecular weight is 441 g/mol. The fourth-order valence-corrected chi connectivity index (χ4v) is 3.13. The molecule has 0 unspecified atom stereocenters. The summed E-state index contributed by atoms with van der Waals surface area (Å²) in [5.74, 6) is 0. The number of unbranched alkanes of at least 4 members (excludes halogenated alkanes) is 2. The number of hydrogen-bond donors (Lipinski definition) is 3. The second-order valence-corrected chi connectivity index (χ2v) is 6.81. The normalized spacial score (nSPS) is 11.3. The third-order valence-electron chi connectivity index (χ3n) is 4.52. The van der Waals surface area contributed by atoms with Crippen molar-refractivity contribution >= 4 is 28.9 Å². The molecule has 0 saturated carbocycles. The highest BCUT2D eigenvalue weighted by Crippen LogP contribution is 2.26. The summed E-state index contributed by atoms with van der Waals surface area (Å²) >= 11 is 0. The molecule has 0 aliphatic carbocycles. The molecule has 0 spiro atoms. The van der Waals surface area contributed by atoms with Crippen LogP contribution >= 0.6 is 12.4 Å². The minimum Gasteiger partial charge on any atom is -0.385 e. The van der Waals surface area contributed by atoms with Gasteiger partial charge in [0, 0.05) is 23.2 Å². The van der Waals surface area contributed by atoms with Crippen LogP contribution in [0.5, 0.6) is 0 Å². The number of nitrogens with one attached hydrogen (secondary N) is 3. The number of fused-ring (bicyclic) bond motifs is 1. The molecule has 3 aromatic rings. The molecule has 0 amide bonds. The van der Waals surface area contributed by atoms with Gasteiger partial charge in [-0.15, -0.1) is 12.4 Å². The fraction of sp³-hybridized carbons (Fsp3) is 0.333. The van der Waals surface area contributed by atoms with Crippen LogP contribution in [0.25, 0.3) is 22.0 Å². The molecule has 0 radical (unpaired) electrons. The molecule has 0 aliphatic rings. The maximum atomic E-state index is 12.0. The van der Waals surface area contributed by atoms with Crippen molar-refractivity contribution in [1.29, 1.82) is 0 Å². The number of aromatic nitrogens is 2. The topological polar surface area (TPSA) is 69.8 Å². The van der Waals surface area contributed by atoms with E-state index < -0.39 is 12.7 Å². The van der Waals surface area contributed by atoms with Gasteiger partial charge in [0.05, 0.1) is 17.6 Å². The van der Waals surface area contributed by atoms with Crippen LogP contribution < -0.4 is 16.2 Å². The predicted molar refractivity (Wildman–Crippen MR) is 116 cm³/mol. The van der Waals surface area contributed by atoms with E-state index in [4.69, 9.17) is 0 Å². The number of benzene rings is 2. The summed E-state index contributed by atoms with van der Waals surface area (Å²) in [4.78, 5) is 12.0. The van der Waals surface area contributed by atoms with Crippen LogP contribution in [-0.4, -0.2) is 36.0 Å². The number of H-pyrrole nitrogens is 1. The molecule has 3 N–H and O–H groups in total. The van der Waals surface area contributed by atoms with Gasteiger partial charge in [-0.25, -0.2) is 5.10 Å². The largest absolute Gasteiger partial charge is 0.401 e. The standard InChI is InChI=1S/C21H23F3N4O.ClH/c22-21(23,24)14-25-11-4-1-5-12-26-16-8-6-7-15(13-16)19-17-9-2-3-10-18(17)20(29)28-27-19;/h2-3,6-10,13,25-26H,1,4-5,11-12,14H2,(H,28,29);1H. The molecule has 0 saturated heterocycles. The number of hydrogen-bond acceptors (Lipinski definition) is 4. The van der Waals surface area contributed by atoms with Crippen molar-refractivity contribution in [3.63, 3.8) is 0 Å². The number of rotatable bonds is 9. The fourth-order valence-electron chi connectivity index (χ4n) is 3.13. The van der Waals surface area contributed by atoms with Crippen molar-refractivity contribution in [3.05, 3.63) is 58.9 Å². The summed E-state index contributed by atoms with van der Waals surface area (Å²) in [5.41, 5.74) is 2.30. The van der Waals surface area contributed by atoms with Gasteiger partial charge in [0.2, 0.25) is 0 Å². The summed E-state index contributed by atoms with van der Waals surface area (Å²) in [6, 6.07) is 15.1. The Kier molecular flexibility index (Phi) is 8.68. The lowest BCUT2D eigenvalue weighted by molar-refractivity contribution is -0.124. The molecule has 9 heteroatoms. The minimum absolute atomic E-state index is 0. The quantitative estimate of drug-likeness (QED) is 0.420. The van der Waals surface area contributed by atoms with Gasteiger partial charge in [-0.05, 0) is 37.6 Å². The first kappa shape index (κ1) is 23.7. The first-order chi connectivity index (χ1) is 13.9. The van der Waals surface area contributed by atoms with Crippen molar-refractivity contribution in [1.82, 2.24) is 15.5 Å². The number of anilines is 1. The molecule has 162 valence electrons. The zero-order valence-electron chi connectivity index (χ0n) is 16.3. The van der Waals surface area contributed by atoms with E-state index in [1.165, 1.54) is 0 Å². The molecule has 0 bridgehead atoms. The molecular weight excluding hydrogens is 417 g/mol. The van der Waals surface area contributed by atoms with Crippen LogP contribution in [0, 0.1) is 0 Å². The SMILES string of the molecule is Cl.O=c1[nH]nc(-c2cccc(NCCCCCNCC(F)(F)F)c2)c2ccccc12. The summed E-state index contributed by atoms with van der Waals surface area (Å²) in [5, 5.41) is 13.9. The van der Waals surface area contributed by atoms with Crippen LogP contribution in [0.15, 0.2) is 53.3 Å². The van der Waals surface area contributed by atoms with E-state index in [-0.39, 0.29) is 18.0 Å². The predicted octanol–water partition coefficient (Wildman–Crippen LogP) is 4.75. The van der Waals surface area contributed by atoms with Crippen LogP contribution in [0.4, 0.5) is 18.9 Å². The minimum atomic E-state index is -4.15. The highest BCUT2D eigenvalue weighted by atomic mass is 35.5. The van der Waals surface area contributed by atoms with Crippen molar-refractivity contribution in [3.8, 4) is 11.3 Å². The molecule has 5 nitrogen and oxygen atoms in total. The summed E-state index contributed by atoms with van der Waals surface area (Å²) < 4.78 is 36.1. The first-order valence-corrected chi connectivity index (χ1v) is 9.53. The van der Waals surface area contributed by atoms with Crippen LogP contribution in [0.2, 0.25) is 0 Å². The Hall–Kier alpha value is -2.58. The van der Waals surface area contributed by atoms with E-state index in [1.54, 1.807) is 6.07 Å². The lowest BCUT2D eigenvalue weighted by Gasteiger charge is -2.10. The average Bonchev–Trinajstić information content (AvgIpc) is 2.70. The Balaban J connectivity index is 0.00000320. The van der Waals surface area contributed by atoms with Crippen molar-refractivity contribution in [2.75, 3.05) is 25.0 Å². The summed E-state index contributed by atoms with van der Waals surface area (Å²) in [6.07, 6.45) is -1.76. The lowest BCUT2D eigenvalue weighted by Crippen LogP contribution is -2.29. The summed E-state index contributed by atoms with van der Waals surface area (Å²) in [6.45, 7) is 0.147. The second kappa shape index (κ2) is 11.0. The van der Waals surface area contributed by atoms with E-state index in [1.807, 2.05) is 42.5 Å². The van der Waals surface area contributed by atoms with Crippen molar-refractivity contribution in [2.24, 2.45) is 0 Å². The number of alkyl halides is 3. The van der Waals surface area contributed by atoms with Gasteiger partial charge >= 0.3 is 6.18 Å². The highest BCUT2D eigenvalue weighted by molar-refractivity contribution is 5.94. The van der Waals surface area contributed by atoms with Gasteiger partial charge in [0.1, 0.15) is 0 Å². The Morgan fingerprint density at radius 2 is 1.67 bits per heavy atom. The van der Waals surface area contributed by atoms with Crippen molar-refractivity contribution in [2.45, 2.75) is 25.4 Å². The van der Waals surface area contributed by atoms with Crippen molar-refractivity contribution < 1.29 is 13.2 Å². The maximum absolute atomic E-state index is 12.0. The summed E-state index contributed by atoms with van der Waals surface area (Å²) in [7, 11) is 0. The Labute approximate surface area is 178 Å². The zero-order valence-corrected chi connectivity index (χ0v) is 17.1. The second-order valence-electron chi connectivity index (χ2n) is 6.81. The maximum Gasteiger partial charge on any atom is 0.401 e. The highest BCUT2D eigenvalue weighted by Gasteiger charge is 2.25. The Bertz CT molecular complexity index is 1010. The van der Waals surface area contributed by atoms with E-state index >= 15 is 0 Å². The Morgan fingerprint density at radius 3 is 2.43 bits per heavy atom. The molecule has 1 aromatic heterocycles. The number of nitrogens with zero attached hydrogens (tertiary/aromatic N) is 1. The molecular formula is C21H24ClF3N4O. The van der Waals surface area contributed by atoms with Gasteiger partial charge in [-0.2, -0.15) is 18.3 Å². The molecule has 0 aliphatic heterocycles.